The van der Waals surface area contributed by atoms with Crippen LogP contribution in [0.3, 0.4) is 0 Å². The Morgan fingerprint density at radius 3 is 1.90 bits per heavy atom. The molecule has 0 spiro atoms. The van der Waals surface area contributed by atoms with Crippen molar-refractivity contribution in [1.29, 1.82) is 0 Å². The van der Waals surface area contributed by atoms with Crippen LogP contribution in [0.5, 0.6) is 0 Å². The summed E-state index contributed by atoms with van der Waals surface area (Å²) in [5, 5.41) is 20.4. The molecule has 0 radical (unpaired) electrons. The van der Waals surface area contributed by atoms with Gasteiger partial charge in [-0.15, -0.1) is 0 Å². The summed E-state index contributed by atoms with van der Waals surface area (Å²) in [6.07, 6.45) is 1.08. The molecule has 9 heteroatoms. The summed E-state index contributed by atoms with van der Waals surface area (Å²) in [6, 6.07) is 20.4. The van der Waals surface area contributed by atoms with Crippen LogP contribution in [0.25, 0.3) is 16.7 Å². The molecule has 5 N–H and O–H groups in total. The van der Waals surface area contributed by atoms with Crippen LogP contribution in [-0.2, 0) is 9.59 Å². The molecular formula is C33H36N4O5. The summed E-state index contributed by atoms with van der Waals surface area (Å²) in [4.78, 5) is 50.6. The third kappa shape index (κ3) is 6.68. The van der Waals surface area contributed by atoms with Crippen LogP contribution in [0, 0.1) is 11.8 Å². The molecule has 3 aromatic carbocycles. The highest BCUT2D eigenvalue weighted by Crippen LogP contribution is 2.35. The number of fused-ring (bicyclic) bond motifs is 1. The average Bonchev–Trinajstić information content (AvgIpc) is 2.97. The van der Waals surface area contributed by atoms with Gasteiger partial charge >= 0.3 is 6.09 Å². The van der Waals surface area contributed by atoms with Crippen molar-refractivity contribution in [1.82, 2.24) is 10.6 Å². The monoisotopic (exact) mass is 568 g/mol. The van der Waals surface area contributed by atoms with Gasteiger partial charge in [-0.3, -0.25) is 14.4 Å². The van der Waals surface area contributed by atoms with E-state index in [1.165, 1.54) is 0 Å². The third-order valence-electron chi connectivity index (χ3n) is 7.49. The van der Waals surface area contributed by atoms with E-state index < -0.39 is 18.0 Å². The molecule has 0 saturated heterocycles. The number of carbonyl (C=O) groups is 4. The van der Waals surface area contributed by atoms with E-state index in [9.17, 15) is 24.3 Å². The van der Waals surface area contributed by atoms with E-state index in [4.69, 9.17) is 0 Å². The third-order valence-corrected chi connectivity index (χ3v) is 7.49. The van der Waals surface area contributed by atoms with Gasteiger partial charge in [0.25, 0.3) is 5.91 Å². The number of hydrogen-bond donors (Lipinski definition) is 5. The molecule has 3 atom stereocenters. The summed E-state index contributed by atoms with van der Waals surface area (Å²) in [7, 11) is 0. The predicted octanol–water partition coefficient (Wildman–Crippen LogP) is 5.76. The summed E-state index contributed by atoms with van der Waals surface area (Å²) < 4.78 is 0. The molecule has 4 amide bonds. The fourth-order valence-electron chi connectivity index (χ4n) is 5.09. The molecule has 1 heterocycles. The number of carbonyl (C=O) groups excluding carboxylic acids is 3. The molecule has 0 aliphatic carbocycles. The van der Waals surface area contributed by atoms with Crippen molar-refractivity contribution in [2.75, 3.05) is 10.6 Å². The standard InChI is InChI=1S/C33H36N4O5/c1-5-20(4)30-25(21-12-6-7-15-24(21)31(39)36-30)18-28(38)34-26-16-10-8-13-22(26)23-14-9-11-17-27(23)35-32(40)29(19(2)3)37-33(41)42/h6-20,29-30,37H,5H2,1-4H3,(H,34,38)(H,35,40)(H,36,39)(H,41,42)/b25-18+. The summed E-state index contributed by atoms with van der Waals surface area (Å²) in [5.74, 6) is -1.17. The first-order valence-electron chi connectivity index (χ1n) is 14.0. The molecular weight excluding hydrogens is 532 g/mol. The number of rotatable bonds is 9. The molecule has 3 aromatic rings. The highest BCUT2D eigenvalue weighted by molar-refractivity contribution is 6.11. The molecule has 1 aliphatic rings. The van der Waals surface area contributed by atoms with Crippen molar-refractivity contribution in [2.45, 2.75) is 46.2 Å². The number of para-hydroxylation sites is 2. The second-order valence-corrected chi connectivity index (χ2v) is 10.7. The Hall–Kier alpha value is -4.92. The number of nitrogens with one attached hydrogen (secondary N) is 4. The first-order chi connectivity index (χ1) is 20.1. The van der Waals surface area contributed by atoms with Crippen LogP contribution >= 0.6 is 0 Å². The van der Waals surface area contributed by atoms with Gasteiger partial charge in [0.1, 0.15) is 6.04 Å². The van der Waals surface area contributed by atoms with Gasteiger partial charge < -0.3 is 26.4 Å². The fourth-order valence-corrected chi connectivity index (χ4v) is 5.09. The number of amides is 4. The van der Waals surface area contributed by atoms with Crippen LogP contribution < -0.4 is 21.3 Å². The fraction of sp³-hybridized carbons (Fsp3) is 0.273. The average molecular weight is 569 g/mol. The lowest BCUT2D eigenvalue weighted by Gasteiger charge is -2.32. The minimum absolute atomic E-state index is 0.106. The second kappa shape index (κ2) is 13.2. The van der Waals surface area contributed by atoms with Crippen molar-refractivity contribution in [3.63, 3.8) is 0 Å². The maximum absolute atomic E-state index is 13.5. The maximum Gasteiger partial charge on any atom is 0.405 e. The Balaban J connectivity index is 1.67. The first kappa shape index (κ1) is 30.0. The van der Waals surface area contributed by atoms with Crippen molar-refractivity contribution in [3.05, 3.63) is 90.0 Å². The SMILES string of the molecule is CCC(C)C1NC(=O)c2ccccc2/C1=C\C(=O)Nc1ccccc1-c1ccccc1NC(=O)C(NC(=O)O)C(C)C. The summed E-state index contributed by atoms with van der Waals surface area (Å²) >= 11 is 0. The number of carboxylic acid groups (broad SMARTS) is 1. The van der Waals surface area contributed by atoms with E-state index in [1.54, 1.807) is 56.3 Å². The highest BCUT2D eigenvalue weighted by atomic mass is 16.4. The normalized spacial score (nSPS) is 16.6. The molecule has 4 rings (SSSR count). The van der Waals surface area contributed by atoms with Gasteiger partial charge in [-0.05, 0) is 41.2 Å². The van der Waals surface area contributed by atoms with Crippen LogP contribution in [0.15, 0.2) is 78.9 Å². The predicted molar refractivity (Wildman–Crippen MR) is 164 cm³/mol. The van der Waals surface area contributed by atoms with Crippen molar-refractivity contribution >= 4 is 40.8 Å². The lowest BCUT2D eigenvalue weighted by Crippen LogP contribution is -2.46. The summed E-state index contributed by atoms with van der Waals surface area (Å²) in [6.45, 7) is 7.60. The zero-order chi connectivity index (χ0) is 30.4. The molecule has 0 bridgehead atoms. The van der Waals surface area contributed by atoms with Gasteiger partial charge in [-0.1, -0.05) is 88.7 Å². The molecule has 0 fully saturated rings. The Morgan fingerprint density at radius 1 is 0.833 bits per heavy atom. The zero-order valence-electron chi connectivity index (χ0n) is 24.1. The smallest absolute Gasteiger partial charge is 0.405 e. The number of anilines is 2. The number of benzene rings is 3. The quantitative estimate of drug-likeness (QED) is 0.209. The van der Waals surface area contributed by atoms with Crippen LogP contribution in [0.4, 0.5) is 16.2 Å². The van der Waals surface area contributed by atoms with E-state index in [-0.39, 0.29) is 29.7 Å². The molecule has 0 saturated carbocycles. The second-order valence-electron chi connectivity index (χ2n) is 10.7. The minimum Gasteiger partial charge on any atom is -0.465 e. The van der Waals surface area contributed by atoms with E-state index in [1.807, 2.05) is 50.2 Å². The number of hydrogen-bond acceptors (Lipinski definition) is 4. The lowest BCUT2D eigenvalue weighted by molar-refractivity contribution is -0.119. The topological polar surface area (TPSA) is 137 Å². The molecule has 0 aromatic heterocycles. The summed E-state index contributed by atoms with van der Waals surface area (Å²) in [5.41, 5.74) is 4.33. The van der Waals surface area contributed by atoms with Gasteiger partial charge in [0.15, 0.2) is 0 Å². The largest absolute Gasteiger partial charge is 0.465 e. The van der Waals surface area contributed by atoms with Crippen molar-refractivity contribution in [3.8, 4) is 11.1 Å². The Bertz CT molecular complexity index is 1530. The highest BCUT2D eigenvalue weighted by Gasteiger charge is 2.32. The van der Waals surface area contributed by atoms with E-state index in [2.05, 4.69) is 21.3 Å². The Morgan fingerprint density at radius 2 is 1.36 bits per heavy atom. The molecule has 42 heavy (non-hydrogen) atoms. The molecule has 1 aliphatic heterocycles. The first-order valence-corrected chi connectivity index (χ1v) is 14.0. The van der Waals surface area contributed by atoms with Gasteiger partial charge in [0.2, 0.25) is 11.8 Å². The molecule has 218 valence electrons. The van der Waals surface area contributed by atoms with E-state index >= 15 is 0 Å². The van der Waals surface area contributed by atoms with Crippen LogP contribution in [0.2, 0.25) is 0 Å². The molecule has 3 unspecified atom stereocenters. The zero-order valence-corrected chi connectivity index (χ0v) is 24.1. The van der Waals surface area contributed by atoms with E-state index in [0.717, 1.165) is 17.6 Å². The van der Waals surface area contributed by atoms with Gasteiger partial charge in [-0.25, -0.2) is 4.79 Å². The Kier molecular flexibility index (Phi) is 9.42. The van der Waals surface area contributed by atoms with Crippen molar-refractivity contribution < 1.29 is 24.3 Å². The molecule has 9 nitrogen and oxygen atoms in total. The van der Waals surface area contributed by atoms with Gasteiger partial charge in [-0.2, -0.15) is 0 Å². The van der Waals surface area contributed by atoms with Gasteiger partial charge in [0, 0.05) is 34.1 Å². The Labute approximate surface area is 245 Å². The van der Waals surface area contributed by atoms with Crippen LogP contribution in [-0.4, -0.2) is 41.0 Å². The maximum atomic E-state index is 13.5. The van der Waals surface area contributed by atoms with Crippen LogP contribution in [0.1, 0.15) is 50.0 Å². The lowest BCUT2D eigenvalue weighted by atomic mass is 9.82. The van der Waals surface area contributed by atoms with Crippen molar-refractivity contribution in [2.24, 2.45) is 11.8 Å². The van der Waals surface area contributed by atoms with Gasteiger partial charge in [0.05, 0.1) is 6.04 Å². The van der Waals surface area contributed by atoms with E-state index in [0.29, 0.717) is 28.1 Å². The minimum atomic E-state index is -1.28.